The normalized spacial score (nSPS) is 18.2. The summed E-state index contributed by atoms with van der Waals surface area (Å²) in [7, 11) is 0. The van der Waals surface area contributed by atoms with E-state index in [9.17, 15) is 0 Å². The van der Waals surface area contributed by atoms with Crippen LogP contribution in [0.3, 0.4) is 0 Å². The molecule has 1 atom stereocenters. The molecule has 1 N–H and O–H groups in total. The smallest absolute Gasteiger partial charge is 0.0406 e. The third kappa shape index (κ3) is 4.18. The molecule has 2 aromatic carbocycles. The standard InChI is InChI=1S/C21H27ClN2/c1-21(18-6-3-2-4-7-18,19-8-10-20(22)11-9-19)12-5-15-24-16-13-23-14-17-24/h2-4,6-11,23H,5,12-17H2,1H3. The van der Waals surface area contributed by atoms with Crippen LogP contribution in [-0.2, 0) is 5.41 Å². The topological polar surface area (TPSA) is 15.3 Å². The van der Waals surface area contributed by atoms with E-state index in [0.717, 1.165) is 24.5 Å². The Morgan fingerprint density at radius 1 is 0.958 bits per heavy atom. The highest BCUT2D eigenvalue weighted by atomic mass is 35.5. The Kier molecular flexibility index (Phi) is 5.94. The largest absolute Gasteiger partial charge is 0.314 e. The fraction of sp³-hybridized carbons (Fsp3) is 0.429. The van der Waals surface area contributed by atoms with Gasteiger partial charge in [-0.25, -0.2) is 0 Å². The molecule has 1 aliphatic rings. The summed E-state index contributed by atoms with van der Waals surface area (Å²) in [6.07, 6.45) is 2.34. The Morgan fingerprint density at radius 2 is 1.58 bits per heavy atom. The number of rotatable bonds is 6. The lowest BCUT2D eigenvalue weighted by molar-refractivity contribution is 0.231. The first kappa shape index (κ1) is 17.5. The lowest BCUT2D eigenvalue weighted by atomic mass is 9.73. The van der Waals surface area contributed by atoms with Gasteiger partial charge in [-0.05, 0) is 42.6 Å². The molecule has 0 aromatic heterocycles. The second-order valence-corrected chi connectivity index (χ2v) is 7.34. The monoisotopic (exact) mass is 342 g/mol. The van der Waals surface area contributed by atoms with Gasteiger partial charge < -0.3 is 10.2 Å². The molecule has 0 aliphatic carbocycles. The zero-order chi connectivity index (χ0) is 16.8. The van der Waals surface area contributed by atoms with Gasteiger partial charge in [-0.15, -0.1) is 0 Å². The van der Waals surface area contributed by atoms with Crippen LogP contribution in [0.15, 0.2) is 54.6 Å². The molecular formula is C21H27ClN2. The lowest BCUT2D eigenvalue weighted by Gasteiger charge is -2.33. The van der Waals surface area contributed by atoms with E-state index in [1.807, 2.05) is 12.1 Å². The number of piperazine rings is 1. The third-order valence-electron chi connectivity index (χ3n) is 5.25. The van der Waals surface area contributed by atoms with Gasteiger partial charge >= 0.3 is 0 Å². The van der Waals surface area contributed by atoms with Crippen LogP contribution < -0.4 is 5.32 Å². The Balaban J connectivity index is 1.76. The van der Waals surface area contributed by atoms with Crippen molar-refractivity contribution in [3.8, 4) is 0 Å². The van der Waals surface area contributed by atoms with Crippen molar-refractivity contribution in [3.63, 3.8) is 0 Å². The summed E-state index contributed by atoms with van der Waals surface area (Å²) in [5.74, 6) is 0. The van der Waals surface area contributed by atoms with Crippen molar-refractivity contribution in [2.45, 2.75) is 25.2 Å². The molecule has 3 rings (SSSR count). The summed E-state index contributed by atoms with van der Waals surface area (Å²) in [6, 6.07) is 19.2. The quantitative estimate of drug-likeness (QED) is 0.840. The van der Waals surface area contributed by atoms with E-state index < -0.39 is 0 Å². The van der Waals surface area contributed by atoms with Gasteiger partial charge in [-0.1, -0.05) is 61.0 Å². The molecule has 0 spiro atoms. The molecule has 2 aromatic rings. The van der Waals surface area contributed by atoms with Crippen LogP contribution in [0.1, 0.15) is 30.9 Å². The van der Waals surface area contributed by atoms with Crippen molar-refractivity contribution in [1.29, 1.82) is 0 Å². The lowest BCUT2D eigenvalue weighted by Crippen LogP contribution is -2.44. The van der Waals surface area contributed by atoms with Crippen molar-refractivity contribution < 1.29 is 0 Å². The van der Waals surface area contributed by atoms with Crippen molar-refractivity contribution in [2.24, 2.45) is 0 Å². The van der Waals surface area contributed by atoms with Crippen LogP contribution in [0, 0.1) is 0 Å². The van der Waals surface area contributed by atoms with Gasteiger partial charge in [0.15, 0.2) is 0 Å². The predicted octanol–water partition coefficient (Wildman–Crippen LogP) is 4.33. The fourth-order valence-corrected chi connectivity index (χ4v) is 3.80. The Labute approximate surface area is 150 Å². The summed E-state index contributed by atoms with van der Waals surface area (Å²) >= 11 is 6.10. The second-order valence-electron chi connectivity index (χ2n) is 6.90. The minimum Gasteiger partial charge on any atom is -0.314 e. The first-order chi connectivity index (χ1) is 11.7. The van der Waals surface area contributed by atoms with Gasteiger partial charge in [0.1, 0.15) is 0 Å². The fourth-order valence-electron chi connectivity index (χ4n) is 3.67. The molecule has 0 bridgehead atoms. The highest BCUT2D eigenvalue weighted by molar-refractivity contribution is 6.30. The van der Waals surface area contributed by atoms with E-state index >= 15 is 0 Å². The summed E-state index contributed by atoms with van der Waals surface area (Å²) in [6.45, 7) is 8.12. The van der Waals surface area contributed by atoms with Crippen LogP contribution in [0.4, 0.5) is 0 Å². The van der Waals surface area contributed by atoms with Gasteiger partial charge in [0.05, 0.1) is 0 Å². The molecule has 0 radical (unpaired) electrons. The average Bonchev–Trinajstić information content (AvgIpc) is 2.64. The third-order valence-corrected chi connectivity index (χ3v) is 5.50. The number of nitrogens with zero attached hydrogens (tertiary/aromatic N) is 1. The first-order valence-corrected chi connectivity index (χ1v) is 9.31. The van der Waals surface area contributed by atoms with Gasteiger partial charge in [0, 0.05) is 36.6 Å². The van der Waals surface area contributed by atoms with E-state index in [-0.39, 0.29) is 5.41 Å². The summed E-state index contributed by atoms with van der Waals surface area (Å²) < 4.78 is 0. The van der Waals surface area contributed by atoms with Crippen molar-refractivity contribution >= 4 is 11.6 Å². The highest BCUT2D eigenvalue weighted by Gasteiger charge is 2.28. The van der Waals surface area contributed by atoms with Crippen molar-refractivity contribution in [2.75, 3.05) is 32.7 Å². The van der Waals surface area contributed by atoms with Crippen molar-refractivity contribution in [3.05, 3.63) is 70.7 Å². The maximum Gasteiger partial charge on any atom is 0.0406 e. The summed E-state index contributed by atoms with van der Waals surface area (Å²) in [5, 5.41) is 4.23. The van der Waals surface area contributed by atoms with Crippen LogP contribution in [0.2, 0.25) is 5.02 Å². The van der Waals surface area contributed by atoms with E-state index in [1.54, 1.807) is 0 Å². The van der Waals surface area contributed by atoms with Crippen LogP contribution in [0.25, 0.3) is 0 Å². The maximum absolute atomic E-state index is 6.10. The van der Waals surface area contributed by atoms with E-state index in [4.69, 9.17) is 11.6 Å². The molecule has 1 unspecified atom stereocenters. The molecule has 128 valence electrons. The van der Waals surface area contributed by atoms with Gasteiger partial charge in [0.2, 0.25) is 0 Å². The molecule has 24 heavy (non-hydrogen) atoms. The SMILES string of the molecule is CC(CCCN1CCNCC1)(c1ccccc1)c1ccc(Cl)cc1. The number of halogens is 1. The van der Waals surface area contributed by atoms with E-state index in [0.29, 0.717) is 0 Å². The van der Waals surface area contributed by atoms with Gasteiger partial charge in [-0.3, -0.25) is 0 Å². The zero-order valence-electron chi connectivity index (χ0n) is 14.5. The molecule has 1 aliphatic heterocycles. The predicted molar refractivity (Wildman–Crippen MR) is 103 cm³/mol. The van der Waals surface area contributed by atoms with E-state index in [2.05, 4.69) is 59.6 Å². The number of hydrogen-bond donors (Lipinski definition) is 1. The molecule has 2 nitrogen and oxygen atoms in total. The van der Waals surface area contributed by atoms with E-state index in [1.165, 1.54) is 37.2 Å². The minimum absolute atomic E-state index is 0.0277. The molecule has 0 saturated carbocycles. The average molecular weight is 343 g/mol. The first-order valence-electron chi connectivity index (χ1n) is 8.93. The van der Waals surface area contributed by atoms with Crippen LogP contribution in [-0.4, -0.2) is 37.6 Å². The van der Waals surface area contributed by atoms with Gasteiger partial charge in [-0.2, -0.15) is 0 Å². The number of hydrogen-bond acceptors (Lipinski definition) is 2. The van der Waals surface area contributed by atoms with Crippen LogP contribution >= 0.6 is 11.6 Å². The molecule has 1 heterocycles. The summed E-state index contributed by atoms with van der Waals surface area (Å²) in [5.41, 5.74) is 2.76. The molecule has 3 heteroatoms. The van der Waals surface area contributed by atoms with Crippen LogP contribution in [0.5, 0.6) is 0 Å². The molecular weight excluding hydrogens is 316 g/mol. The number of benzene rings is 2. The number of nitrogens with one attached hydrogen (secondary N) is 1. The molecule has 0 amide bonds. The molecule has 1 fully saturated rings. The Morgan fingerprint density at radius 3 is 2.25 bits per heavy atom. The highest BCUT2D eigenvalue weighted by Crippen LogP contribution is 2.36. The maximum atomic E-state index is 6.10. The molecule has 1 saturated heterocycles. The zero-order valence-corrected chi connectivity index (χ0v) is 15.2. The summed E-state index contributed by atoms with van der Waals surface area (Å²) in [4.78, 5) is 2.57. The Bertz CT molecular complexity index is 620. The Hall–Kier alpha value is -1.35. The van der Waals surface area contributed by atoms with Crippen molar-refractivity contribution in [1.82, 2.24) is 10.2 Å². The minimum atomic E-state index is 0.0277. The second kappa shape index (κ2) is 8.15. The van der Waals surface area contributed by atoms with Gasteiger partial charge in [0.25, 0.3) is 0 Å².